The van der Waals surface area contributed by atoms with Crippen LogP contribution in [0.15, 0.2) is 0 Å². The summed E-state index contributed by atoms with van der Waals surface area (Å²) in [7, 11) is 2.00. The molecule has 1 aliphatic carbocycles. The zero-order valence-corrected chi connectivity index (χ0v) is 18.9. The maximum Gasteiger partial charge on any atom is 0.274 e. The third-order valence-corrected chi connectivity index (χ3v) is 7.39. The first kappa shape index (κ1) is 21.7. The topological polar surface area (TPSA) is 44.6 Å². The van der Waals surface area contributed by atoms with Gasteiger partial charge in [0.2, 0.25) is 0 Å². The second-order valence-electron chi connectivity index (χ2n) is 7.85. The fourth-order valence-corrected chi connectivity index (χ4v) is 5.48. The Morgan fingerprint density at radius 3 is 2.50 bits per heavy atom. The highest BCUT2D eigenvalue weighted by atomic mass is 32.2. The Morgan fingerprint density at radius 2 is 1.86 bits per heavy atom. The maximum atomic E-state index is 13.1. The lowest BCUT2D eigenvalue weighted by atomic mass is 9.90. The second kappa shape index (κ2) is 10.1. The summed E-state index contributed by atoms with van der Waals surface area (Å²) in [6, 6.07) is 0.515. The molecule has 0 N–H and O–H groups in total. The molecule has 1 saturated heterocycles. The van der Waals surface area contributed by atoms with E-state index in [1.807, 2.05) is 28.4 Å². The zero-order valence-electron chi connectivity index (χ0n) is 18.1. The molecule has 1 atom stereocenters. The van der Waals surface area contributed by atoms with Crippen molar-refractivity contribution in [3.8, 4) is 0 Å². The molecule has 0 radical (unpaired) electrons. The van der Waals surface area contributed by atoms with E-state index >= 15 is 0 Å². The molecule has 158 valence electrons. The molecule has 1 amide bonds. The third kappa shape index (κ3) is 4.74. The summed E-state index contributed by atoms with van der Waals surface area (Å²) >= 11 is 1.93. The minimum absolute atomic E-state index is 0.143. The van der Waals surface area contributed by atoms with Crippen LogP contribution < -0.4 is 0 Å². The van der Waals surface area contributed by atoms with E-state index in [2.05, 4.69) is 35.7 Å². The van der Waals surface area contributed by atoms with Gasteiger partial charge in [-0.1, -0.05) is 20.8 Å². The Labute approximate surface area is 174 Å². The zero-order chi connectivity index (χ0) is 20.1. The summed E-state index contributed by atoms with van der Waals surface area (Å²) in [5, 5.41) is 4.68. The van der Waals surface area contributed by atoms with Gasteiger partial charge in [0.15, 0.2) is 5.69 Å². The van der Waals surface area contributed by atoms with Crippen LogP contribution in [0.1, 0.15) is 48.9 Å². The maximum absolute atomic E-state index is 13.1. The van der Waals surface area contributed by atoms with Crippen LogP contribution in [0.3, 0.4) is 0 Å². The van der Waals surface area contributed by atoms with Crippen molar-refractivity contribution >= 4 is 17.7 Å². The summed E-state index contributed by atoms with van der Waals surface area (Å²) < 4.78 is 1.96. The van der Waals surface area contributed by atoms with Crippen molar-refractivity contribution in [3.05, 3.63) is 17.0 Å². The monoisotopic (exact) mass is 407 g/mol. The Balaban J connectivity index is 1.73. The number of thioether (sulfide) groups is 1. The van der Waals surface area contributed by atoms with Gasteiger partial charge in [-0.25, -0.2) is 0 Å². The lowest BCUT2D eigenvalue weighted by molar-refractivity contribution is 0.0763. The number of fused-ring (bicyclic) bond motifs is 1. The van der Waals surface area contributed by atoms with Crippen LogP contribution in [0, 0.1) is 0 Å². The van der Waals surface area contributed by atoms with Crippen LogP contribution >= 0.6 is 11.8 Å². The highest BCUT2D eigenvalue weighted by molar-refractivity contribution is 7.99. The van der Waals surface area contributed by atoms with E-state index in [1.165, 1.54) is 11.3 Å². The largest absolute Gasteiger partial charge is 0.336 e. The van der Waals surface area contributed by atoms with E-state index in [1.54, 1.807) is 0 Å². The summed E-state index contributed by atoms with van der Waals surface area (Å²) in [5.41, 5.74) is 3.20. The van der Waals surface area contributed by atoms with Gasteiger partial charge in [-0.3, -0.25) is 14.4 Å². The predicted octanol–water partition coefficient (Wildman–Crippen LogP) is 2.13. The minimum Gasteiger partial charge on any atom is -0.336 e. The van der Waals surface area contributed by atoms with Crippen molar-refractivity contribution in [2.75, 3.05) is 57.3 Å². The van der Waals surface area contributed by atoms with Gasteiger partial charge in [-0.2, -0.15) is 16.9 Å². The van der Waals surface area contributed by atoms with Gasteiger partial charge in [0.1, 0.15) is 0 Å². The number of amides is 1. The average Bonchev–Trinajstić information content (AvgIpc) is 3.07. The Hall–Kier alpha value is -1.05. The summed E-state index contributed by atoms with van der Waals surface area (Å²) in [6.45, 7) is 13.9. The SMILES string of the molecule is CCN(CC)CCN(CC)C1CCc2c(c(C(=O)N3CCSCC3)nn2C)C1. The first-order valence-corrected chi connectivity index (χ1v) is 12.1. The smallest absolute Gasteiger partial charge is 0.274 e. The van der Waals surface area contributed by atoms with Gasteiger partial charge in [-0.15, -0.1) is 0 Å². The van der Waals surface area contributed by atoms with Crippen molar-refractivity contribution in [3.63, 3.8) is 0 Å². The molecule has 2 heterocycles. The molecule has 0 bridgehead atoms. The molecule has 1 unspecified atom stereocenters. The second-order valence-corrected chi connectivity index (χ2v) is 9.08. The standard InChI is InChI=1S/C21H37N5OS/c1-5-24(6-2)10-11-25(7-3)17-8-9-19-18(16-17)20(22-23(19)4)21(27)26-12-14-28-15-13-26/h17H,5-16H2,1-4H3. The van der Waals surface area contributed by atoms with E-state index in [0.717, 1.165) is 76.6 Å². The Kier molecular flexibility index (Phi) is 7.83. The van der Waals surface area contributed by atoms with Gasteiger partial charge in [0, 0.05) is 62.0 Å². The van der Waals surface area contributed by atoms with Crippen LogP contribution in [0.25, 0.3) is 0 Å². The predicted molar refractivity (Wildman–Crippen MR) is 117 cm³/mol. The van der Waals surface area contributed by atoms with Gasteiger partial charge < -0.3 is 9.80 Å². The van der Waals surface area contributed by atoms with E-state index in [9.17, 15) is 4.79 Å². The van der Waals surface area contributed by atoms with Crippen LogP contribution in [0.4, 0.5) is 0 Å². The van der Waals surface area contributed by atoms with Crippen LogP contribution in [-0.2, 0) is 19.9 Å². The molecule has 2 aliphatic rings. The molecule has 6 nitrogen and oxygen atoms in total. The fourth-order valence-electron chi connectivity index (χ4n) is 4.58. The van der Waals surface area contributed by atoms with Gasteiger partial charge in [-0.05, 0) is 38.9 Å². The molecule has 1 aromatic rings. The van der Waals surface area contributed by atoms with Crippen molar-refractivity contribution < 1.29 is 4.79 Å². The number of carbonyl (C=O) groups is 1. The lowest BCUT2D eigenvalue weighted by Gasteiger charge is -2.35. The molecule has 0 aromatic carbocycles. The number of hydrogen-bond acceptors (Lipinski definition) is 5. The normalized spacial score (nSPS) is 20.1. The average molecular weight is 408 g/mol. The molecule has 0 saturated carbocycles. The number of rotatable bonds is 8. The van der Waals surface area contributed by atoms with Crippen molar-refractivity contribution in [2.45, 2.75) is 46.1 Å². The quantitative estimate of drug-likeness (QED) is 0.661. The van der Waals surface area contributed by atoms with Crippen LogP contribution in [-0.4, -0.2) is 93.7 Å². The molecule has 7 heteroatoms. The number of carbonyl (C=O) groups excluding carboxylic acids is 1. The van der Waals surface area contributed by atoms with Crippen LogP contribution in [0.2, 0.25) is 0 Å². The van der Waals surface area contributed by atoms with Gasteiger partial charge in [0.25, 0.3) is 5.91 Å². The summed E-state index contributed by atoms with van der Waals surface area (Å²) in [5.74, 6) is 2.22. The number of likely N-dealkylation sites (N-methyl/N-ethyl adjacent to an activating group) is 2. The molecule has 1 aliphatic heterocycles. The van der Waals surface area contributed by atoms with Gasteiger partial charge >= 0.3 is 0 Å². The molecular weight excluding hydrogens is 370 g/mol. The Morgan fingerprint density at radius 1 is 1.14 bits per heavy atom. The molecule has 28 heavy (non-hydrogen) atoms. The highest BCUT2D eigenvalue weighted by Crippen LogP contribution is 2.28. The molecule has 1 aromatic heterocycles. The first-order chi connectivity index (χ1) is 13.6. The van der Waals surface area contributed by atoms with E-state index in [0.29, 0.717) is 11.7 Å². The van der Waals surface area contributed by atoms with Crippen molar-refractivity contribution in [2.24, 2.45) is 7.05 Å². The first-order valence-electron chi connectivity index (χ1n) is 11.0. The fraction of sp³-hybridized carbons (Fsp3) is 0.810. The van der Waals surface area contributed by atoms with E-state index in [-0.39, 0.29) is 5.91 Å². The molecule has 0 spiro atoms. The van der Waals surface area contributed by atoms with E-state index < -0.39 is 0 Å². The van der Waals surface area contributed by atoms with Crippen molar-refractivity contribution in [1.82, 2.24) is 24.5 Å². The molecule has 1 fully saturated rings. The third-order valence-electron chi connectivity index (χ3n) is 6.45. The summed E-state index contributed by atoms with van der Waals surface area (Å²) in [6.07, 6.45) is 3.14. The Bertz CT molecular complexity index is 651. The number of aromatic nitrogens is 2. The van der Waals surface area contributed by atoms with Crippen molar-refractivity contribution in [1.29, 1.82) is 0 Å². The lowest BCUT2D eigenvalue weighted by Crippen LogP contribution is -2.44. The number of hydrogen-bond donors (Lipinski definition) is 0. The molecule has 3 rings (SSSR count). The minimum atomic E-state index is 0.143. The highest BCUT2D eigenvalue weighted by Gasteiger charge is 2.32. The number of aryl methyl sites for hydroxylation is 1. The summed E-state index contributed by atoms with van der Waals surface area (Å²) in [4.78, 5) is 20.2. The van der Waals surface area contributed by atoms with Gasteiger partial charge in [0.05, 0.1) is 0 Å². The van der Waals surface area contributed by atoms with Crippen LogP contribution in [0.5, 0.6) is 0 Å². The number of nitrogens with zero attached hydrogens (tertiary/aromatic N) is 5. The van der Waals surface area contributed by atoms with E-state index in [4.69, 9.17) is 0 Å². The molecular formula is C21H37N5OS.